The van der Waals surface area contributed by atoms with E-state index in [-0.39, 0.29) is 6.61 Å². The van der Waals surface area contributed by atoms with Crippen molar-refractivity contribution < 1.29 is 23.8 Å². The summed E-state index contributed by atoms with van der Waals surface area (Å²) in [5.74, 6) is 0.0184. The fourth-order valence-corrected chi connectivity index (χ4v) is 1.90. The number of amides is 1. The first-order chi connectivity index (χ1) is 11.6. The van der Waals surface area contributed by atoms with Gasteiger partial charge in [0.25, 0.3) is 5.91 Å². The summed E-state index contributed by atoms with van der Waals surface area (Å²) in [5, 5.41) is 2.61. The van der Waals surface area contributed by atoms with Crippen molar-refractivity contribution in [2.75, 3.05) is 25.6 Å². The molecule has 0 unspecified atom stereocenters. The minimum atomic E-state index is -0.620. The van der Waals surface area contributed by atoms with Crippen LogP contribution in [-0.2, 0) is 14.3 Å². The van der Waals surface area contributed by atoms with Gasteiger partial charge in [-0.25, -0.2) is 4.79 Å². The zero-order valence-electron chi connectivity index (χ0n) is 13.6. The van der Waals surface area contributed by atoms with Crippen molar-refractivity contribution in [3.05, 3.63) is 54.1 Å². The van der Waals surface area contributed by atoms with E-state index in [0.29, 0.717) is 17.2 Å². The van der Waals surface area contributed by atoms with Gasteiger partial charge in [0.05, 0.1) is 12.8 Å². The molecule has 0 saturated heterocycles. The Bertz CT molecular complexity index is 697. The maximum absolute atomic E-state index is 11.8. The summed E-state index contributed by atoms with van der Waals surface area (Å²) >= 11 is 0. The van der Waals surface area contributed by atoms with E-state index >= 15 is 0 Å². The summed E-state index contributed by atoms with van der Waals surface area (Å²) < 4.78 is 15.3. The maximum Gasteiger partial charge on any atom is 0.344 e. The Morgan fingerprint density at radius 2 is 1.71 bits per heavy atom. The van der Waals surface area contributed by atoms with Crippen LogP contribution in [0.4, 0.5) is 5.69 Å². The van der Waals surface area contributed by atoms with Crippen molar-refractivity contribution in [2.45, 2.75) is 6.92 Å². The van der Waals surface area contributed by atoms with Gasteiger partial charge < -0.3 is 19.5 Å². The smallest absolute Gasteiger partial charge is 0.344 e. The molecule has 0 aliphatic carbocycles. The molecule has 0 aromatic heterocycles. The average molecular weight is 329 g/mol. The van der Waals surface area contributed by atoms with Crippen LogP contribution in [0.15, 0.2) is 48.5 Å². The Kier molecular flexibility index (Phi) is 6.19. The second kappa shape index (κ2) is 8.57. The Hall–Kier alpha value is -3.02. The fraction of sp³-hybridized carbons (Fsp3) is 0.222. The molecule has 2 aromatic carbocycles. The Labute approximate surface area is 140 Å². The van der Waals surface area contributed by atoms with Crippen molar-refractivity contribution in [1.82, 2.24) is 0 Å². The van der Waals surface area contributed by atoms with E-state index in [4.69, 9.17) is 14.2 Å². The normalized spacial score (nSPS) is 9.92. The number of hydrogen-bond donors (Lipinski definition) is 1. The zero-order valence-corrected chi connectivity index (χ0v) is 13.6. The number of para-hydroxylation sites is 2. The van der Waals surface area contributed by atoms with E-state index in [1.165, 1.54) is 7.11 Å². The molecule has 0 fully saturated rings. The molecule has 1 amide bonds. The predicted octanol–water partition coefficient (Wildman–Crippen LogP) is 2.56. The lowest BCUT2D eigenvalue weighted by atomic mass is 10.2. The van der Waals surface area contributed by atoms with Crippen LogP contribution in [-0.4, -0.2) is 32.2 Å². The van der Waals surface area contributed by atoms with Gasteiger partial charge in [-0.05, 0) is 31.2 Å². The molecule has 0 heterocycles. The molecule has 6 nitrogen and oxygen atoms in total. The van der Waals surface area contributed by atoms with E-state index in [2.05, 4.69) is 5.32 Å². The summed E-state index contributed by atoms with van der Waals surface area (Å²) in [5.41, 5.74) is 1.61. The molecule has 126 valence electrons. The quantitative estimate of drug-likeness (QED) is 0.790. The van der Waals surface area contributed by atoms with Crippen molar-refractivity contribution in [2.24, 2.45) is 0 Å². The summed E-state index contributed by atoms with van der Waals surface area (Å²) in [7, 11) is 1.51. The summed E-state index contributed by atoms with van der Waals surface area (Å²) in [4.78, 5) is 23.4. The third-order valence-electron chi connectivity index (χ3n) is 3.12. The molecule has 0 aliphatic rings. The molecule has 24 heavy (non-hydrogen) atoms. The number of esters is 1. The largest absolute Gasteiger partial charge is 0.495 e. The van der Waals surface area contributed by atoms with E-state index in [1.807, 2.05) is 19.1 Å². The fourth-order valence-electron chi connectivity index (χ4n) is 1.90. The molecule has 2 rings (SSSR count). The molecule has 0 atom stereocenters. The third kappa shape index (κ3) is 5.31. The number of methoxy groups -OCH3 is 1. The van der Waals surface area contributed by atoms with Crippen molar-refractivity contribution >= 4 is 17.6 Å². The SMILES string of the molecule is COc1ccccc1NC(=O)COC(=O)COc1ccc(C)cc1. The molecule has 0 spiro atoms. The lowest BCUT2D eigenvalue weighted by Gasteiger charge is -2.10. The highest BCUT2D eigenvalue weighted by atomic mass is 16.6. The summed E-state index contributed by atoms with van der Waals surface area (Å²) in [6.07, 6.45) is 0. The number of aryl methyl sites for hydroxylation is 1. The predicted molar refractivity (Wildman–Crippen MR) is 89.3 cm³/mol. The number of carbonyl (C=O) groups is 2. The lowest BCUT2D eigenvalue weighted by Crippen LogP contribution is -2.23. The minimum Gasteiger partial charge on any atom is -0.495 e. The van der Waals surface area contributed by atoms with E-state index in [0.717, 1.165) is 5.56 Å². The van der Waals surface area contributed by atoms with Crippen LogP contribution in [0.1, 0.15) is 5.56 Å². The molecule has 0 radical (unpaired) electrons. The van der Waals surface area contributed by atoms with Gasteiger partial charge in [0, 0.05) is 0 Å². The molecule has 2 aromatic rings. The Morgan fingerprint density at radius 1 is 1.00 bits per heavy atom. The number of ether oxygens (including phenoxy) is 3. The van der Waals surface area contributed by atoms with Crippen LogP contribution in [0.2, 0.25) is 0 Å². The highest BCUT2D eigenvalue weighted by Crippen LogP contribution is 2.22. The molecule has 0 bridgehead atoms. The van der Waals surface area contributed by atoms with Crippen molar-refractivity contribution in [1.29, 1.82) is 0 Å². The first kappa shape index (κ1) is 17.3. The number of carbonyl (C=O) groups excluding carboxylic acids is 2. The van der Waals surface area contributed by atoms with Crippen molar-refractivity contribution in [3.8, 4) is 11.5 Å². The van der Waals surface area contributed by atoms with Gasteiger partial charge in [0.15, 0.2) is 13.2 Å². The van der Waals surface area contributed by atoms with Gasteiger partial charge in [-0.2, -0.15) is 0 Å². The Balaban J connectivity index is 1.74. The van der Waals surface area contributed by atoms with Crippen LogP contribution in [0.25, 0.3) is 0 Å². The van der Waals surface area contributed by atoms with Crippen LogP contribution >= 0.6 is 0 Å². The standard InChI is InChI=1S/C18H19NO5/c1-13-7-9-14(10-8-13)23-12-18(21)24-11-17(20)19-15-5-3-4-6-16(15)22-2/h3-10H,11-12H2,1-2H3,(H,19,20). The Morgan fingerprint density at radius 3 is 2.42 bits per heavy atom. The van der Waals surface area contributed by atoms with Crippen LogP contribution in [0.3, 0.4) is 0 Å². The van der Waals surface area contributed by atoms with Gasteiger partial charge in [0.2, 0.25) is 0 Å². The maximum atomic E-state index is 11.8. The zero-order chi connectivity index (χ0) is 17.4. The first-order valence-electron chi connectivity index (χ1n) is 7.36. The monoisotopic (exact) mass is 329 g/mol. The molecule has 0 aliphatic heterocycles. The van der Waals surface area contributed by atoms with Gasteiger partial charge in [-0.1, -0.05) is 29.8 Å². The minimum absolute atomic E-state index is 0.259. The van der Waals surface area contributed by atoms with E-state index in [9.17, 15) is 9.59 Å². The number of rotatable bonds is 7. The average Bonchev–Trinajstić information content (AvgIpc) is 2.60. The van der Waals surface area contributed by atoms with E-state index in [1.54, 1.807) is 36.4 Å². The van der Waals surface area contributed by atoms with Gasteiger partial charge in [-0.15, -0.1) is 0 Å². The van der Waals surface area contributed by atoms with Gasteiger partial charge in [-0.3, -0.25) is 4.79 Å². The number of nitrogens with one attached hydrogen (secondary N) is 1. The summed E-state index contributed by atoms with van der Waals surface area (Å²) in [6, 6.07) is 14.2. The van der Waals surface area contributed by atoms with E-state index < -0.39 is 18.5 Å². The molecular formula is C18H19NO5. The molecule has 1 N–H and O–H groups in total. The third-order valence-corrected chi connectivity index (χ3v) is 3.12. The first-order valence-corrected chi connectivity index (χ1v) is 7.36. The highest BCUT2D eigenvalue weighted by Gasteiger charge is 2.10. The molecular weight excluding hydrogens is 310 g/mol. The molecule has 6 heteroatoms. The topological polar surface area (TPSA) is 73.9 Å². The number of anilines is 1. The second-order valence-corrected chi connectivity index (χ2v) is 5.01. The van der Waals surface area contributed by atoms with Crippen molar-refractivity contribution in [3.63, 3.8) is 0 Å². The van der Waals surface area contributed by atoms with Crippen LogP contribution in [0, 0.1) is 6.92 Å². The second-order valence-electron chi connectivity index (χ2n) is 5.01. The number of hydrogen-bond acceptors (Lipinski definition) is 5. The molecule has 0 saturated carbocycles. The summed E-state index contributed by atoms with van der Waals surface area (Å²) in [6.45, 7) is 1.30. The van der Waals surface area contributed by atoms with Crippen LogP contribution in [0.5, 0.6) is 11.5 Å². The van der Waals surface area contributed by atoms with Gasteiger partial charge >= 0.3 is 5.97 Å². The van der Waals surface area contributed by atoms with Gasteiger partial charge in [0.1, 0.15) is 11.5 Å². The highest BCUT2D eigenvalue weighted by molar-refractivity contribution is 5.94. The lowest BCUT2D eigenvalue weighted by molar-refractivity contribution is -0.149. The number of benzene rings is 2. The van der Waals surface area contributed by atoms with Crippen LogP contribution < -0.4 is 14.8 Å².